The van der Waals surface area contributed by atoms with Crippen molar-refractivity contribution >= 4 is 13.9 Å². The maximum atomic E-state index is 13.6. The van der Waals surface area contributed by atoms with Crippen molar-refractivity contribution in [3.8, 4) is 0 Å². The van der Waals surface area contributed by atoms with E-state index in [-0.39, 0.29) is 0 Å². The molecule has 0 radical (unpaired) electrons. The number of hydrogen-bond acceptors (Lipinski definition) is 7. The van der Waals surface area contributed by atoms with E-state index in [0.717, 1.165) is 38.5 Å². The van der Waals surface area contributed by atoms with E-state index < -0.39 is 62.2 Å². The molecule has 2 amide bonds. The average Bonchev–Trinajstić information content (AvgIpc) is 3.04. The van der Waals surface area contributed by atoms with Crippen LogP contribution in [0.25, 0.3) is 0 Å². The molecule has 2 saturated heterocycles. The normalized spacial score (nSPS) is 42.3. The number of carbonyl (C=O) groups excluding carboxylic acids is 1. The van der Waals surface area contributed by atoms with Gasteiger partial charge in [0.1, 0.15) is 18.3 Å². The highest BCUT2D eigenvalue weighted by Gasteiger charge is 2.62. The molecule has 2 aliphatic carbocycles. The minimum Gasteiger partial charge on any atom is -0.391 e. The number of rotatable bonds is 4. The maximum absolute atomic E-state index is 13.6. The highest BCUT2D eigenvalue weighted by Crippen LogP contribution is 2.50. The van der Waals surface area contributed by atoms with Gasteiger partial charge in [0.2, 0.25) is 0 Å². The molecule has 0 aromatic heterocycles. The van der Waals surface area contributed by atoms with Gasteiger partial charge in [-0.05, 0) is 32.1 Å². The molecule has 2 saturated carbocycles. The van der Waals surface area contributed by atoms with Crippen LogP contribution in [0.1, 0.15) is 83.5 Å². The third-order valence-electron chi connectivity index (χ3n) is 8.26. The highest BCUT2D eigenvalue weighted by molar-refractivity contribution is 7.46. The smallest absolute Gasteiger partial charge is 0.391 e. The van der Waals surface area contributed by atoms with Gasteiger partial charge in [0, 0.05) is 5.54 Å². The van der Waals surface area contributed by atoms with Crippen LogP contribution in [0.15, 0.2) is 0 Å². The second kappa shape index (κ2) is 10.3. The summed E-state index contributed by atoms with van der Waals surface area (Å²) in [6.07, 6.45) is 5.52. The number of aliphatic hydroxyl groups excluding tert-OH is 3. The lowest BCUT2D eigenvalue weighted by molar-refractivity contribution is -0.158. The second-order valence-corrected chi connectivity index (χ2v) is 11.8. The van der Waals surface area contributed by atoms with Gasteiger partial charge >= 0.3 is 13.9 Å². The summed E-state index contributed by atoms with van der Waals surface area (Å²) < 4.78 is 21.4. The first kappa shape index (κ1) is 26.3. The van der Waals surface area contributed by atoms with Crippen molar-refractivity contribution in [2.24, 2.45) is 0 Å². The molecular formula is C22H39N2O9P. The molecule has 0 aromatic rings. The molecule has 0 spiro atoms. The molecule has 196 valence electrons. The van der Waals surface area contributed by atoms with Crippen molar-refractivity contribution in [3.63, 3.8) is 0 Å². The number of amides is 2. The number of phosphoric ester groups is 1. The molecule has 2 bridgehead atoms. The summed E-state index contributed by atoms with van der Waals surface area (Å²) in [5.74, 6) is 0. The van der Waals surface area contributed by atoms with E-state index in [1.165, 1.54) is 17.7 Å². The van der Waals surface area contributed by atoms with Gasteiger partial charge in [-0.15, -0.1) is 0 Å². The summed E-state index contributed by atoms with van der Waals surface area (Å²) in [6.45, 7) is -0.621. The molecule has 7 atom stereocenters. The zero-order valence-corrected chi connectivity index (χ0v) is 20.4. The summed E-state index contributed by atoms with van der Waals surface area (Å²) in [5.41, 5.74) is -1.38. The molecule has 2 heterocycles. The predicted octanol–water partition coefficient (Wildman–Crippen LogP) is 1.50. The van der Waals surface area contributed by atoms with E-state index in [1.54, 1.807) is 0 Å². The number of urea groups is 1. The lowest BCUT2D eigenvalue weighted by Crippen LogP contribution is -2.77. The Bertz CT molecular complexity index is 781. The number of nitrogens with one attached hydrogen (secondary N) is 1. The zero-order valence-electron chi connectivity index (χ0n) is 19.5. The van der Waals surface area contributed by atoms with E-state index in [9.17, 15) is 24.7 Å². The lowest BCUT2D eigenvalue weighted by Gasteiger charge is -2.61. The molecule has 4 rings (SSSR count). The number of aliphatic hydroxyl groups is 3. The fourth-order valence-corrected chi connectivity index (χ4v) is 6.88. The number of hydrogen-bond donors (Lipinski definition) is 6. The summed E-state index contributed by atoms with van der Waals surface area (Å²) in [6, 6.07) is -0.451. The van der Waals surface area contributed by atoms with Crippen molar-refractivity contribution in [2.45, 2.75) is 125 Å². The van der Waals surface area contributed by atoms with E-state index in [0.29, 0.717) is 32.1 Å². The first-order valence-corrected chi connectivity index (χ1v) is 14.1. The molecule has 11 nitrogen and oxygen atoms in total. The van der Waals surface area contributed by atoms with Crippen LogP contribution in [0.5, 0.6) is 0 Å². The highest BCUT2D eigenvalue weighted by atomic mass is 31.2. The van der Waals surface area contributed by atoms with Crippen LogP contribution in [0, 0.1) is 0 Å². The first-order chi connectivity index (χ1) is 16.1. The minimum absolute atomic E-state index is 0.451. The van der Waals surface area contributed by atoms with E-state index in [4.69, 9.17) is 14.5 Å². The quantitative estimate of drug-likeness (QED) is 0.309. The van der Waals surface area contributed by atoms with Crippen LogP contribution in [-0.4, -0.2) is 84.4 Å². The van der Waals surface area contributed by atoms with Gasteiger partial charge in [-0.3, -0.25) is 9.42 Å². The van der Waals surface area contributed by atoms with Crippen molar-refractivity contribution in [3.05, 3.63) is 0 Å². The van der Waals surface area contributed by atoms with E-state index in [1.807, 2.05) is 0 Å². The Balaban J connectivity index is 1.61. The fraction of sp³-hybridized carbons (Fsp3) is 0.955. The van der Waals surface area contributed by atoms with Crippen LogP contribution in [0.4, 0.5) is 4.79 Å². The van der Waals surface area contributed by atoms with Crippen molar-refractivity contribution < 1.29 is 43.7 Å². The Labute approximate surface area is 200 Å². The summed E-state index contributed by atoms with van der Waals surface area (Å²) in [4.78, 5) is 33.1. The fourth-order valence-electron chi connectivity index (χ4n) is 6.54. The van der Waals surface area contributed by atoms with E-state index in [2.05, 4.69) is 9.84 Å². The van der Waals surface area contributed by atoms with Gasteiger partial charge in [-0.1, -0.05) is 51.4 Å². The summed E-state index contributed by atoms with van der Waals surface area (Å²) in [7, 11) is -4.80. The van der Waals surface area contributed by atoms with Gasteiger partial charge in [0.15, 0.2) is 6.23 Å². The minimum atomic E-state index is -4.80. The standard InChI is InChI=1S/C22H39N2O9P/c25-16-9-12-21-10-7-5-3-1-2-4-6-8-11-22(16,14-21)23-20(28)24(21)19-18(27)17(26)15(33-19)13-32-34(29,30)31/h15-19,25-27H,1-14H2,(H,23,28)(H2,29,30,31). The lowest BCUT2D eigenvalue weighted by atomic mass is 9.63. The molecule has 34 heavy (non-hydrogen) atoms. The number of phosphoric acid groups is 1. The molecule has 4 fully saturated rings. The van der Waals surface area contributed by atoms with Crippen molar-refractivity contribution in [2.75, 3.05) is 6.61 Å². The second-order valence-electron chi connectivity index (χ2n) is 10.6. The Kier molecular flexibility index (Phi) is 7.96. The third kappa shape index (κ3) is 5.32. The molecule has 2 aliphatic heterocycles. The number of nitrogens with zero attached hydrogens (tertiary/aromatic N) is 1. The Morgan fingerprint density at radius 3 is 2.24 bits per heavy atom. The first-order valence-electron chi connectivity index (χ1n) is 12.6. The Morgan fingerprint density at radius 1 is 0.971 bits per heavy atom. The largest absolute Gasteiger partial charge is 0.469 e. The van der Waals surface area contributed by atoms with Gasteiger partial charge in [0.05, 0.1) is 18.2 Å². The summed E-state index contributed by atoms with van der Waals surface area (Å²) in [5, 5.41) is 35.4. The van der Waals surface area contributed by atoms with E-state index >= 15 is 0 Å². The van der Waals surface area contributed by atoms with Crippen LogP contribution in [0.2, 0.25) is 0 Å². The van der Waals surface area contributed by atoms with Gasteiger partial charge < -0.3 is 35.2 Å². The predicted molar refractivity (Wildman–Crippen MR) is 121 cm³/mol. The zero-order chi connectivity index (χ0) is 24.6. The van der Waals surface area contributed by atoms with Crippen LogP contribution >= 0.6 is 7.82 Å². The van der Waals surface area contributed by atoms with Crippen molar-refractivity contribution in [1.29, 1.82) is 0 Å². The van der Waals surface area contributed by atoms with Gasteiger partial charge in [0.25, 0.3) is 0 Å². The molecule has 12 heteroatoms. The Hall–Kier alpha value is -0.780. The molecule has 4 aliphatic rings. The number of carbonyl (C=O) groups is 1. The maximum Gasteiger partial charge on any atom is 0.469 e. The SMILES string of the molecule is O=C1NC23CCCCCCCCCCC(CCC2O)(C3)N1C1OC(COP(=O)(O)O)C(O)C1O. The van der Waals surface area contributed by atoms with Gasteiger partial charge in [-0.2, -0.15) is 0 Å². The topological polar surface area (TPSA) is 169 Å². The van der Waals surface area contributed by atoms with Gasteiger partial charge in [-0.25, -0.2) is 9.36 Å². The average molecular weight is 507 g/mol. The van der Waals surface area contributed by atoms with Crippen LogP contribution < -0.4 is 5.32 Å². The molecule has 6 N–H and O–H groups in total. The monoisotopic (exact) mass is 506 g/mol. The van der Waals surface area contributed by atoms with Crippen LogP contribution in [-0.2, 0) is 13.8 Å². The third-order valence-corrected chi connectivity index (χ3v) is 8.75. The molecule has 7 unspecified atom stereocenters. The van der Waals surface area contributed by atoms with Crippen molar-refractivity contribution in [1.82, 2.24) is 10.2 Å². The summed E-state index contributed by atoms with van der Waals surface area (Å²) >= 11 is 0. The van der Waals surface area contributed by atoms with Crippen LogP contribution in [0.3, 0.4) is 0 Å². The molecule has 0 aromatic carbocycles. The number of ether oxygens (including phenoxy) is 1. The Morgan fingerprint density at radius 2 is 1.59 bits per heavy atom. The molecular weight excluding hydrogens is 467 g/mol.